The van der Waals surface area contributed by atoms with Crippen LogP contribution in [-0.2, 0) is 11.3 Å². The van der Waals surface area contributed by atoms with Crippen molar-refractivity contribution in [3.8, 4) is 0 Å². The highest BCUT2D eigenvalue weighted by atomic mass is 16.4. The molecule has 1 aliphatic rings. The summed E-state index contributed by atoms with van der Waals surface area (Å²) in [5.74, 6) is 0.503. The van der Waals surface area contributed by atoms with E-state index in [-0.39, 0.29) is 0 Å². The van der Waals surface area contributed by atoms with E-state index in [2.05, 4.69) is 15.5 Å². The zero-order valence-electron chi connectivity index (χ0n) is 12.4. The van der Waals surface area contributed by atoms with E-state index in [0.717, 1.165) is 18.7 Å². The second-order valence-corrected chi connectivity index (χ2v) is 5.82. The number of nitrogens with zero attached hydrogens (tertiary/aromatic N) is 4. The molecule has 6 heteroatoms. The van der Waals surface area contributed by atoms with E-state index in [1.165, 1.54) is 19.3 Å². The summed E-state index contributed by atoms with van der Waals surface area (Å²) >= 11 is 0. The molecule has 0 unspecified atom stereocenters. The minimum absolute atomic E-state index is 0.369. The van der Waals surface area contributed by atoms with Gasteiger partial charge >= 0.3 is 5.97 Å². The van der Waals surface area contributed by atoms with Crippen LogP contribution in [0.4, 0.5) is 0 Å². The fourth-order valence-corrected chi connectivity index (χ4v) is 3.11. The van der Waals surface area contributed by atoms with Crippen molar-refractivity contribution in [2.45, 2.75) is 71.3 Å². The Balaban J connectivity index is 2.20. The fraction of sp³-hybridized carbons (Fsp3) is 0.857. The molecule has 0 saturated heterocycles. The lowest BCUT2D eigenvalue weighted by atomic mass is 9.82. The highest BCUT2D eigenvalue weighted by molar-refractivity contribution is 5.74. The quantitative estimate of drug-likeness (QED) is 0.866. The van der Waals surface area contributed by atoms with Crippen molar-refractivity contribution in [2.75, 3.05) is 0 Å². The van der Waals surface area contributed by atoms with Crippen LogP contribution < -0.4 is 0 Å². The average Bonchev–Trinajstić information content (AvgIpc) is 2.93. The Bertz CT molecular complexity index is 448. The molecular formula is C14H24N4O2. The van der Waals surface area contributed by atoms with Gasteiger partial charge in [-0.25, -0.2) is 4.68 Å². The van der Waals surface area contributed by atoms with Crippen LogP contribution in [0.15, 0.2) is 0 Å². The molecule has 0 aliphatic heterocycles. The molecule has 20 heavy (non-hydrogen) atoms. The number of carboxylic acids is 1. The zero-order valence-corrected chi connectivity index (χ0v) is 12.4. The molecule has 1 fully saturated rings. The van der Waals surface area contributed by atoms with Gasteiger partial charge in [0, 0.05) is 5.92 Å². The largest absolute Gasteiger partial charge is 0.481 e. The van der Waals surface area contributed by atoms with Crippen LogP contribution in [0.25, 0.3) is 0 Å². The highest BCUT2D eigenvalue weighted by Crippen LogP contribution is 2.34. The van der Waals surface area contributed by atoms with Crippen molar-refractivity contribution in [1.82, 2.24) is 20.2 Å². The Labute approximate surface area is 119 Å². The molecule has 6 nitrogen and oxygen atoms in total. The van der Waals surface area contributed by atoms with Crippen LogP contribution in [0.2, 0.25) is 0 Å². The number of hydrogen-bond acceptors (Lipinski definition) is 4. The minimum atomic E-state index is -0.765. The van der Waals surface area contributed by atoms with Crippen molar-refractivity contribution < 1.29 is 9.90 Å². The Morgan fingerprint density at radius 1 is 1.30 bits per heavy atom. The van der Waals surface area contributed by atoms with Gasteiger partial charge in [-0.15, -0.1) is 5.10 Å². The minimum Gasteiger partial charge on any atom is -0.481 e. The third-order valence-electron chi connectivity index (χ3n) is 4.79. The zero-order chi connectivity index (χ0) is 14.6. The van der Waals surface area contributed by atoms with Gasteiger partial charge in [-0.2, -0.15) is 0 Å². The van der Waals surface area contributed by atoms with Gasteiger partial charge in [-0.1, -0.05) is 33.1 Å². The first kappa shape index (κ1) is 14.9. The SMILES string of the molecule is CCC(CC)(Cn1nnnc1C1CCCCC1)C(=O)O. The van der Waals surface area contributed by atoms with Crippen LogP contribution in [-0.4, -0.2) is 31.3 Å². The molecular weight excluding hydrogens is 256 g/mol. The van der Waals surface area contributed by atoms with Gasteiger partial charge in [0.05, 0.1) is 12.0 Å². The molecule has 0 spiro atoms. The number of aromatic nitrogens is 4. The molecule has 0 amide bonds. The van der Waals surface area contributed by atoms with Crippen molar-refractivity contribution >= 4 is 5.97 Å². The molecule has 112 valence electrons. The predicted octanol–water partition coefficient (Wildman–Crippen LogP) is 2.61. The first-order chi connectivity index (χ1) is 9.63. The molecule has 2 rings (SSSR count). The van der Waals surface area contributed by atoms with Crippen molar-refractivity contribution in [3.63, 3.8) is 0 Å². The molecule has 0 bridgehead atoms. The summed E-state index contributed by atoms with van der Waals surface area (Å²) in [6.07, 6.45) is 7.09. The van der Waals surface area contributed by atoms with Crippen LogP contribution in [0, 0.1) is 5.41 Å². The van der Waals surface area contributed by atoms with Crippen LogP contribution >= 0.6 is 0 Å². The van der Waals surface area contributed by atoms with Gasteiger partial charge in [0.25, 0.3) is 0 Å². The molecule has 0 atom stereocenters. The maximum atomic E-state index is 11.6. The third-order valence-corrected chi connectivity index (χ3v) is 4.79. The van der Waals surface area contributed by atoms with Crippen LogP contribution in [0.3, 0.4) is 0 Å². The number of carbonyl (C=O) groups is 1. The first-order valence-corrected chi connectivity index (χ1v) is 7.62. The molecule has 1 aromatic heterocycles. The Morgan fingerprint density at radius 2 is 1.95 bits per heavy atom. The lowest BCUT2D eigenvalue weighted by Crippen LogP contribution is -2.35. The first-order valence-electron chi connectivity index (χ1n) is 7.62. The lowest BCUT2D eigenvalue weighted by Gasteiger charge is -2.28. The average molecular weight is 280 g/mol. The molecule has 1 N–H and O–H groups in total. The number of tetrazole rings is 1. The number of rotatable bonds is 6. The molecule has 1 heterocycles. The van der Waals surface area contributed by atoms with Crippen molar-refractivity contribution in [3.05, 3.63) is 5.82 Å². The number of aliphatic carboxylic acids is 1. The lowest BCUT2D eigenvalue weighted by molar-refractivity contribution is -0.150. The maximum absolute atomic E-state index is 11.6. The highest BCUT2D eigenvalue weighted by Gasteiger charge is 2.37. The smallest absolute Gasteiger partial charge is 0.311 e. The van der Waals surface area contributed by atoms with E-state index in [1.54, 1.807) is 4.68 Å². The Kier molecular flexibility index (Phi) is 4.73. The van der Waals surface area contributed by atoms with Gasteiger partial charge in [0.1, 0.15) is 0 Å². The Hall–Kier alpha value is -1.46. The summed E-state index contributed by atoms with van der Waals surface area (Å²) in [5, 5.41) is 21.5. The van der Waals surface area contributed by atoms with E-state index in [0.29, 0.717) is 25.3 Å². The second kappa shape index (κ2) is 6.33. The van der Waals surface area contributed by atoms with Gasteiger partial charge in [-0.3, -0.25) is 4.79 Å². The van der Waals surface area contributed by atoms with Crippen LogP contribution in [0.1, 0.15) is 70.5 Å². The molecule has 1 aliphatic carbocycles. The van der Waals surface area contributed by atoms with Crippen LogP contribution in [0.5, 0.6) is 0 Å². The second-order valence-electron chi connectivity index (χ2n) is 5.82. The predicted molar refractivity (Wildman–Crippen MR) is 74.3 cm³/mol. The monoisotopic (exact) mass is 280 g/mol. The van der Waals surface area contributed by atoms with Crippen molar-refractivity contribution in [1.29, 1.82) is 0 Å². The van der Waals surface area contributed by atoms with Gasteiger partial charge in [0.15, 0.2) is 5.82 Å². The topological polar surface area (TPSA) is 80.9 Å². The van der Waals surface area contributed by atoms with Gasteiger partial charge in [-0.05, 0) is 36.1 Å². The molecule has 1 saturated carbocycles. The molecule has 0 radical (unpaired) electrons. The molecule has 1 aromatic rings. The van der Waals surface area contributed by atoms with Crippen molar-refractivity contribution in [2.24, 2.45) is 5.41 Å². The fourth-order valence-electron chi connectivity index (χ4n) is 3.11. The van der Waals surface area contributed by atoms with E-state index >= 15 is 0 Å². The molecule has 0 aromatic carbocycles. The van der Waals surface area contributed by atoms with Gasteiger partial charge in [0.2, 0.25) is 0 Å². The summed E-state index contributed by atoms with van der Waals surface area (Å²) in [6, 6.07) is 0. The number of hydrogen-bond donors (Lipinski definition) is 1. The number of carboxylic acid groups (broad SMARTS) is 1. The standard InChI is InChI=1S/C14H24N4O2/c1-3-14(4-2,13(19)20)10-18-12(15-16-17-18)11-8-6-5-7-9-11/h11H,3-10H2,1-2H3,(H,19,20). The van der Waals surface area contributed by atoms with Gasteiger partial charge < -0.3 is 5.11 Å². The van der Waals surface area contributed by atoms with E-state index < -0.39 is 11.4 Å². The Morgan fingerprint density at radius 3 is 2.50 bits per heavy atom. The normalized spacial score (nSPS) is 17.3. The maximum Gasteiger partial charge on any atom is 0.311 e. The summed E-state index contributed by atoms with van der Waals surface area (Å²) in [6.45, 7) is 4.21. The summed E-state index contributed by atoms with van der Waals surface area (Å²) in [7, 11) is 0. The van der Waals surface area contributed by atoms with E-state index in [1.807, 2.05) is 13.8 Å². The summed E-state index contributed by atoms with van der Waals surface area (Å²) in [4.78, 5) is 11.6. The third kappa shape index (κ3) is 2.83. The van der Waals surface area contributed by atoms with E-state index in [4.69, 9.17) is 0 Å². The summed E-state index contributed by atoms with van der Waals surface area (Å²) in [5.41, 5.74) is -0.765. The summed E-state index contributed by atoms with van der Waals surface area (Å²) < 4.78 is 1.73. The van der Waals surface area contributed by atoms with E-state index in [9.17, 15) is 9.90 Å².